The third-order valence-corrected chi connectivity index (χ3v) is 6.10. The summed E-state index contributed by atoms with van der Waals surface area (Å²) in [4.78, 5) is 5.48. The van der Waals surface area contributed by atoms with Crippen LogP contribution in [-0.4, -0.2) is 13.9 Å². The minimum atomic E-state index is -1.20. The molecular formula is C14H17NSSi. The molecule has 0 aliphatic heterocycles. The van der Waals surface area contributed by atoms with Gasteiger partial charge in [0.05, 0.1) is 5.69 Å². The van der Waals surface area contributed by atoms with Crippen molar-refractivity contribution in [2.75, 3.05) is 0 Å². The number of aliphatic imine (C=N–C) groups is 1. The molecule has 0 atom stereocenters. The summed E-state index contributed by atoms with van der Waals surface area (Å²) in [6.45, 7) is 10.8. The largest absolute Gasteiger partial charge is 0.264 e. The van der Waals surface area contributed by atoms with Crippen LogP contribution >= 0.6 is 11.2 Å². The van der Waals surface area contributed by atoms with Crippen LogP contribution in [0.1, 0.15) is 0 Å². The Morgan fingerprint density at radius 1 is 1.06 bits per heavy atom. The van der Waals surface area contributed by atoms with Crippen molar-refractivity contribution in [3.63, 3.8) is 0 Å². The average Bonchev–Trinajstić information content (AvgIpc) is 2.26. The normalized spacial score (nSPS) is 11.7. The molecule has 0 aromatic heterocycles. The van der Waals surface area contributed by atoms with Gasteiger partial charge in [-0.1, -0.05) is 43.9 Å². The predicted octanol–water partition coefficient (Wildman–Crippen LogP) is 5.10. The maximum Gasteiger partial charge on any atom is 0.114 e. The monoisotopic (exact) mass is 259 g/mol. The van der Waals surface area contributed by atoms with E-state index >= 15 is 0 Å². The summed E-state index contributed by atoms with van der Waals surface area (Å²) in [6, 6.07) is 12.7. The maximum absolute atomic E-state index is 4.14. The van der Waals surface area contributed by atoms with Gasteiger partial charge in [-0.2, -0.15) is 11.2 Å². The lowest BCUT2D eigenvalue weighted by Gasteiger charge is -2.17. The molecule has 0 spiro atoms. The van der Waals surface area contributed by atoms with Crippen molar-refractivity contribution < 1.29 is 0 Å². The highest BCUT2D eigenvalue weighted by Gasteiger charge is 2.17. The molecule has 0 fully saturated rings. The highest BCUT2D eigenvalue weighted by molar-refractivity contribution is 8.28. The molecule has 0 aliphatic carbocycles. The third kappa shape index (κ3) is 2.79. The van der Waals surface area contributed by atoms with E-state index in [0.717, 1.165) is 5.69 Å². The van der Waals surface area contributed by atoms with Crippen LogP contribution in [0.4, 0.5) is 5.69 Å². The van der Waals surface area contributed by atoms with E-state index in [4.69, 9.17) is 0 Å². The van der Waals surface area contributed by atoms with Gasteiger partial charge in [0.1, 0.15) is 7.22 Å². The molecule has 0 saturated carbocycles. The van der Waals surface area contributed by atoms with E-state index in [-0.39, 0.29) is 0 Å². The molecule has 0 amide bonds. The number of hydrogen-bond donors (Lipinski definition) is 0. The second-order valence-electron chi connectivity index (χ2n) is 5.00. The smallest absolute Gasteiger partial charge is 0.114 e. The van der Waals surface area contributed by atoms with Crippen molar-refractivity contribution in [1.82, 2.24) is 0 Å². The maximum atomic E-state index is 4.14. The van der Waals surface area contributed by atoms with Crippen LogP contribution in [0.15, 0.2) is 46.3 Å². The topological polar surface area (TPSA) is 12.4 Å². The molecule has 0 bridgehead atoms. The molecule has 17 heavy (non-hydrogen) atoms. The number of rotatable bonds is 3. The van der Waals surface area contributed by atoms with Crippen molar-refractivity contribution >= 4 is 41.6 Å². The number of fused-ring (bicyclic) bond motifs is 1. The standard InChI is InChI=1S/C14H17NSSi/c1-15-12-9-5-7-11-8-6-10-13(14(11)12)16-17(2,3)4/h5-10H,1H2,2-4H3. The zero-order valence-electron chi connectivity index (χ0n) is 10.5. The summed E-state index contributed by atoms with van der Waals surface area (Å²) in [5.41, 5.74) is 0.990. The summed E-state index contributed by atoms with van der Waals surface area (Å²) in [6.07, 6.45) is 0. The summed E-state index contributed by atoms with van der Waals surface area (Å²) in [7, 11) is -1.20. The fourth-order valence-corrected chi connectivity index (χ4v) is 5.45. The Balaban J connectivity index is 2.66. The first kappa shape index (κ1) is 12.4. The molecule has 88 valence electrons. The van der Waals surface area contributed by atoms with Crippen molar-refractivity contribution in [1.29, 1.82) is 0 Å². The van der Waals surface area contributed by atoms with Gasteiger partial charge in [0.25, 0.3) is 0 Å². The molecule has 2 aromatic rings. The van der Waals surface area contributed by atoms with Gasteiger partial charge >= 0.3 is 0 Å². The Morgan fingerprint density at radius 3 is 2.29 bits per heavy atom. The Morgan fingerprint density at radius 2 is 1.71 bits per heavy atom. The number of nitrogens with zero attached hydrogens (tertiary/aromatic N) is 1. The number of hydrogen-bond acceptors (Lipinski definition) is 2. The Hall–Kier alpha value is -1.06. The van der Waals surface area contributed by atoms with Gasteiger partial charge in [-0.15, -0.1) is 0 Å². The number of benzene rings is 2. The first-order valence-electron chi connectivity index (χ1n) is 5.69. The Kier molecular flexibility index (Phi) is 3.40. The van der Waals surface area contributed by atoms with Crippen LogP contribution in [0.5, 0.6) is 0 Å². The molecule has 3 heteroatoms. The van der Waals surface area contributed by atoms with Gasteiger partial charge in [0, 0.05) is 10.3 Å². The highest BCUT2D eigenvalue weighted by atomic mass is 32.4. The van der Waals surface area contributed by atoms with Crippen LogP contribution in [0.2, 0.25) is 19.6 Å². The fourth-order valence-electron chi connectivity index (χ4n) is 1.83. The van der Waals surface area contributed by atoms with E-state index in [1.165, 1.54) is 15.7 Å². The van der Waals surface area contributed by atoms with E-state index < -0.39 is 7.22 Å². The summed E-state index contributed by atoms with van der Waals surface area (Å²) in [5.74, 6) is 0. The Labute approximate surface area is 108 Å². The molecule has 0 heterocycles. The molecule has 0 N–H and O–H groups in total. The summed E-state index contributed by atoms with van der Waals surface area (Å²) >= 11 is 2.01. The highest BCUT2D eigenvalue weighted by Crippen LogP contribution is 2.38. The van der Waals surface area contributed by atoms with Crippen LogP contribution in [0.25, 0.3) is 10.8 Å². The molecule has 0 aliphatic rings. The van der Waals surface area contributed by atoms with Gasteiger partial charge in [-0.05, 0) is 24.2 Å². The van der Waals surface area contributed by atoms with Gasteiger partial charge in [0.2, 0.25) is 0 Å². The van der Waals surface area contributed by atoms with Gasteiger partial charge < -0.3 is 0 Å². The lowest BCUT2D eigenvalue weighted by molar-refractivity contribution is 1.51. The molecule has 1 nitrogen and oxygen atoms in total. The third-order valence-electron chi connectivity index (χ3n) is 2.43. The van der Waals surface area contributed by atoms with Crippen LogP contribution in [-0.2, 0) is 0 Å². The van der Waals surface area contributed by atoms with Crippen LogP contribution < -0.4 is 0 Å². The van der Waals surface area contributed by atoms with Gasteiger partial charge in [-0.25, -0.2) is 0 Å². The molecule has 0 radical (unpaired) electrons. The molecular weight excluding hydrogens is 242 g/mol. The average molecular weight is 259 g/mol. The molecule has 0 saturated heterocycles. The van der Waals surface area contributed by atoms with Crippen molar-refractivity contribution in [2.24, 2.45) is 4.99 Å². The second kappa shape index (κ2) is 4.67. The van der Waals surface area contributed by atoms with Gasteiger partial charge in [-0.3, -0.25) is 4.99 Å². The first-order chi connectivity index (χ1) is 8.01. The lowest BCUT2D eigenvalue weighted by Crippen LogP contribution is -2.13. The second-order valence-corrected chi connectivity index (χ2v) is 14.2. The molecule has 2 aromatic carbocycles. The van der Waals surface area contributed by atoms with E-state index in [2.05, 4.69) is 55.6 Å². The lowest BCUT2D eigenvalue weighted by atomic mass is 10.1. The fraction of sp³-hybridized carbons (Fsp3) is 0.214. The first-order valence-corrected chi connectivity index (χ1v) is 10.7. The SMILES string of the molecule is C=Nc1cccc2cccc(S[Si](C)(C)C)c12. The predicted molar refractivity (Wildman–Crippen MR) is 82.4 cm³/mol. The van der Waals surface area contributed by atoms with E-state index in [1.807, 2.05) is 23.3 Å². The van der Waals surface area contributed by atoms with E-state index in [0.29, 0.717) is 0 Å². The quantitative estimate of drug-likeness (QED) is 0.552. The van der Waals surface area contributed by atoms with E-state index in [1.54, 1.807) is 0 Å². The van der Waals surface area contributed by atoms with Crippen molar-refractivity contribution in [3.05, 3.63) is 36.4 Å². The van der Waals surface area contributed by atoms with Crippen LogP contribution in [0.3, 0.4) is 0 Å². The molecule has 0 unspecified atom stereocenters. The zero-order chi connectivity index (χ0) is 12.5. The molecule has 2 rings (SSSR count). The van der Waals surface area contributed by atoms with E-state index in [9.17, 15) is 0 Å². The minimum absolute atomic E-state index is 0.990. The summed E-state index contributed by atoms with van der Waals surface area (Å²) < 4.78 is 0. The summed E-state index contributed by atoms with van der Waals surface area (Å²) in [5, 5.41) is 2.50. The van der Waals surface area contributed by atoms with Gasteiger partial charge in [0.15, 0.2) is 0 Å². The zero-order valence-corrected chi connectivity index (χ0v) is 12.3. The van der Waals surface area contributed by atoms with Crippen molar-refractivity contribution in [3.8, 4) is 0 Å². The van der Waals surface area contributed by atoms with Crippen LogP contribution in [0, 0.1) is 0 Å². The van der Waals surface area contributed by atoms with Crippen molar-refractivity contribution in [2.45, 2.75) is 24.5 Å². The Bertz CT molecular complexity index is 552. The minimum Gasteiger partial charge on any atom is -0.264 e.